The van der Waals surface area contributed by atoms with Gasteiger partial charge >= 0.3 is 11.9 Å². The van der Waals surface area contributed by atoms with E-state index in [1.807, 2.05) is 0 Å². The zero-order valence-electron chi connectivity index (χ0n) is 15.1. The molecule has 0 amide bonds. The van der Waals surface area contributed by atoms with Gasteiger partial charge in [-0.05, 0) is 30.7 Å². The third-order valence-corrected chi connectivity index (χ3v) is 4.17. The van der Waals surface area contributed by atoms with Crippen molar-refractivity contribution in [3.63, 3.8) is 0 Å². The van der Waals surface area contributed by atoms with Gasteiger partial charge in [-0.25, -0.2) is 9.59 Å². The molecule has 140 valence electrons. The quantitative estimate of drug-likeness (QED) is 0.304. The highest BCUT2D eigenvalue weighted by Gasteiger charge is 2.13. The highest BCUT2D eigenvalue weighted by Crippen LogP contribution is 2.13. The molecule has 1 rings (SSSR count). The number of aliphatic hydroxyl groups excluding tert-OH is 1. The minimum Gasteiger partial charge on any atom is -0.478 e. The summed E-state index contributed by atoms with van der Waals surface area (Å²) in [5.74, 6) is -1.69. The van der Waals surface area contributed by atoms with Gasteiger partial charge in [0.2, 0.25) is 6.29 Å². The van der Waals surface area contributed by atoms with Crippen molar-refractivity contribution in [1.29, 1.82) is 0 Å². The van der Waals surface area contributed by atoms with Crippen LogP contribution in [0.1, 0.15) is 91.8 Å². The molecular formula is C20H30O5. The Hall–Kier alpha value is -1.88. The van der Waals surface area contributed by atoms with E-state index < -0.39 is 18.2 Å². The van der Waals surface area contributed by atoms with Crippen LogP contribution in [0.3, 0.4) is 0 Å². The van der Waals surface area contributed by atoms with Crippen molar-refractivity contribution in [2.24, 2.45) is 0 Å². The Labute approximate surface area is 150 Å². The zero-order chi connectivity index (χ0) is 18.5. The Morgan fingerprint density at radius 1 is 0.880 bits per heavy atom. The second-order valence-electron chi connectivity index (χ2n) is 6.36. The third-order valence-electron chi connectivity index (χ3n) is 4.17. The molecule has 0 aliphatic carbocycles. The number of benzene rings is 1. The van der Waals surface area contributed by atoms with Gasteiger partial charge in [0, 0.05) is 6.42 Å². The predicted molar refractivity (Wildman–Crippen MR) is 96.7 cm³/mol. The first kappa shape index (κ1) is 21.2. The number of carboxylic acids is 1. The number of unbranched alkanes of at least 4 members (excludes halogenated alkanes) is 8. The summed E-state index contributed by atoms with van der Waals surface area (Å²) in [7, 11) is 0. The van der Waals surface area contributed by atoms with Crippen LogP contribution >= 0.6 is 0 Å². The fraction of sp³-hybridized carbons (Fsp3) is 0.600. The van der Waals surface area contributed by atoms with Gasteiger partial charge in [-0.15, -0.1) is 0 Å². The molecule has 1 aromatic rings. The maximum absolute atomic E-state index is 11.9. The first-order chi connectivity index (χ1) is 12.0. The molecule has 0 radical (unpaired) electrons. The molecule has 5 nitrogen and oxygen atoms in total. The van der Waals surface area contributed by atoms with Crippen LogP contribution in [0.4, 0.5) is 0 Å². The molecule has 0 saturated carbocycles. The Bertz CT molecular complexity index is 509. The van der Waals surface area contributed by atoms with Crippen LogP contribution in [-0.4, -0.2) is 28.4 Å². The van der Waals surface area contributed by atoms with Crippen LogP contribution in [-0.2, 0) is 4.74 Å². The average Bonchev–Trinajstić information content (AvgIpc) is 2.60. The van der Waals surface area contributed by atoms with Crippen LogP contribution in [0.2, 0.25) is 0 Å². The van der Waals surface area contributed by atoms with Crippen LogP contribution in [0, 0.1) is 0 Å². The van der Waals surface area contributed by atoms with Gasteiger partial charge in [-0.3, -0.25) is 0 Å². The number of ether oxygens (including phenoxy) is 1. The Morgan fingerprint density at radius 2 is 1.36 bits per heavy atom. The maximum atomic E-state index is 11.9. The Kier molecular flexibility index (Phi) is 10.6. The number of aromatic carboxylic acids is 1. The molecule has 0 aliphatic heterocycles. The molecule has 1 unspecified atom stereocenters. The SMILES string of the molecule is CCCCCCCCCCCC(O)OC(=O)c1ccc(C(=O)O)cc1. The fourth-order valence-corrected chi connectivity index (χ4v) is 2.63. The molecule has 0 spiro atoms. The molecular weight excluding hydrogens is 320 g/mol. The molecule has 1 aromatic carbocycles. The summed E-state index contributed by atoms with van der Waals surface area (Å²) in [5, 5.41) is 18.6. The predicted octanol–water partition coefficient (Wildman–Crippen LogP) is 4.78. The summed E-state index contributed by atoms with van der Waals surface area (Å²) in [6, 6.07) is 5.45. The van der Waals surface area contributed by atoms with E-state index in [1.165, 1.54) is 62.8 Å². The second kappa shape index (κ2) is 12.5. The number of hydrogen-bond donors (Lipinski definition) is 2. The van der Waals surface area contributed by atoms with Gasteiger partial charge < -0.3 is 14.9 Å². The number of rotatable bonds is 13. The van der Waals surface area contributed by atoms with E-state index in [0.717, 1.165) is 19.3 Å². The van der Waals surface area contributed by atoms with E-state index in [9.17, 15) is 14.7 Å². The molecule has 5 heteroatoms. The number of carbonyl (C=O) groups is 2. The average molecular weight is 350 g/mol. The molecule has 0 heterocycles. The highest BCUT2D eigenvalue weighted by atomic mass is 16.6. The number of esters is 1. The molecule has 1 atom stereocenters. The van der Waals surface area contributed by atoms with E-state index in [4.69, 9.17) is 9.84 Å². The second-order valence-corrected chi connectivity index (χ2v) is 6.36. The van der Waals surface area contributed by atoms with E-state index in [2.05, 4.69) is 6.92 Å². The van der Waals surface area contributed by atoms with Crippen molar-refractivity contribution < 1.29 is 24.5 Å². The number of aliphatic hydroxyl groups is 1. The Balaban J connectivity index is 2.14. The summed E-state index contributed by atoms with van der Waals surface area (Å²) in [6.07, 6.45) is 9.98. The molecule has 0 bridgehead atoms. The molecule has 25 heavy (non-hydrogen) atoms. The van der Waals surface area contributed by atoms with Crippen molar-refractivity contribution in [2.45, 2.75) is 77.4 Å². The third kappa shape index (κ3) is 9.25. The summed E-state index contributed by atoms with van der Waals surface area (Å²) in [4.78, 5) is 22.6. The monoisotopic (exact) mass is 350 g/mol. The first-order valence-corrected chi connectivity index (χ1v) is 9.27. The molecule has 0 saturated heterocycles. The summed E-state index contributed by atoms with van der Waals surface area (Å²) < 4.78 is 4.98. The minimum atomic E-state index is -1.11. The lowest BCUT2D eigenvalue weighted by molar-refractivity contribution is -0.0694. The van der Waals surface area contributed by atoms with Gasteiger partial charge in [0.05, 0.1) is 11.1 Å². The number of carbonyl (C=O) groups excluding carboxylic acids is 1. The van der Waals surface area contributed by atoms with Gasteiger partial charge in [-0.1, -0.05) is 58.3 Å². The van der Waals surface area contributed by atoms with Crippen molar-refractivity contribution >= 4 is 11.9 Å². The fourth-order valence-electron chi connectivity index (χ4n) is 2.63. The number of hydrogen-bond acceptors (Lipinski definition) is 4. The van der Waals surface area contributed by atoms with Gasteiger partial charge in [0.1, 0.15) is 0 Å². The molecule has 2 N–H and O–H groups in total. The number of carboxylic acid groups (broad SMARTS) is 1. The highest BCUT2D eigenvalue weighted by molar-refractivity contribution is 5.92. The van der Waals surface area contributed by atoms with E-state index >= 15 is 0 Å². The van der Waals surface area contributed by atoms with Gasteiger partial charge in [0.25, 0.3) is 0 Å². The lowest BCUT2D eigenvalue weighted by Crippen LogP contribution is -2.17. The van der Waals surface area contributed by atoms with Crippen LogP contribution in [0.25, 0.3) is 0 Å². The van der Waals surface area contributed by atoms with Crippen LogP contribution < -0.4 is 0 Å². The normalized spacial score (nSPS) is 11.9. The summed E-state index contributed by atoms with van der Waals surface area (Å²) in [5.41, 5.74) is 0.336. The zero-order valence-corrected chi connectivity index (χ0v) is 15.1. The first-order valence-electron chi connectivity index (χ1n) is 9.27. The molecule has 0 fully saturated rings. The minimum absolute atomic E-state index is 0.104. The lowest BCUT2D eigenvalue weighted by Gasteiger charge is -2.12. The summed E-state index contributed by atoms with van der Waals surface area (Å²) in [6.45, 7) is 2.21. The smallest absolute Gasteiger partial charge is 0.340 e. The standard InChI is InChI=1S/C20H30O5/c1-2-3-4-5-6-7-8-9-10-11-18(21)25-20(24)17-14-12-16(13-15-17)19(22)23/h12-15,18,21H,2-11H2,1H3,(H,22,23). The van der Waals surface area contributed by atoms with Crippen molar-refractivity contribution in [3.05, 3.63) is 35.4 Å². The van der Waals surface area contributed by atoms with E-state index in [1.54, 1.807) is 0 Å². The van der Waals surface area contributed by atoms with Crippen LogP contribution in [0.5, 0.6) is 0 Å². The molecule has 0 aliphatic rings. The largest absolute Gasteiger partial charge is 0.478 e. The lowest BCUT2D eigenvalue weighted by atomic mass is 10.1. The maximum Gasteiger partial charge on any atom is 0.340 e. The van der Waals surface area contributed by atoms with Gasteiger partial charge in [0.15, 0.2) is 0 Å². The topological polar surface area (TPSA) is 83.8 Å². The van der Waals surface area contributed by atoms with Crippen molar-refractivity contribution in [1.82, 2.24) is 0 Å². The van der Waals surface area contributed by atoms with Crippen LogP contribution in [0.15, 0.2) is 24.3 Å². The Morgan fingerprint density at radius 3 is 1.88 bits per heavy atom. The van der Waals surface area contributed by atoms with E-state index in [0.29, 0.717) is 6.42 Å². The van der Waals surface area contributed by atoms with Crippen molar-refractivity contribution in [3.8, 4) is 0 Å². The van der Waals surface area contributed by atoms with Crippen molar-refractivity contribution in [2.75, 3.05) is 0 Å². The summed E-state index contributed by atoms with van der Waals surface area (Å²) >= 11 is 0. The van der Waals surface area contributed by atoms with E-state index in [-0.39, 0.29) is 11.1 Å². The molecule has 0 aromatic heterocycles. The van der Waals surface area contributed by atoms with Gasteiger partial charge in [-0.2, -0.15) is 0 Å².